The molecule has 1 atom stereocenters. The highest BCUT2D eigenvalue weighted by molar-refractivity contribution is 6.30. The largest absolute Gasteiger partial charge is 0.352 e. The van der Waals surface area contributed by atoms with Crippen molar-refractivity contribution < 1.29 is 9.32 Å². The number of piperidine rings is 2. The molecular weight excluding hydrogens is 486 g/mol. The van der Waals surface area contributed by atoms with Gasteiger partial charge in [-0.2, -0.15) is 4.98 Å². The topological polar surface area (TPSA) is 74.5 Å². The number of aromatic nitrogens is 2. The molecule has 2 aliphatic heterocycles. The van der Waals surface area contributed by atoms with Gasteiger partial charge < -0.3 is 9.84 Å². The highest BCUT2D eigenvalue weighted by Crippen LogP contribution is 2.23. The van der Waals surface area contributed by atoms with Gasteiger partial charge >= 0.3 is 0 Å². The first kappa shape index (κ1) is 25.9. The van der Waals surface area contributed by atoms with Crippen molar-refractivity contribution in [1.82, 2.24) is 25.3 Å². The lowest BCUT2D eigenvalue weighted by molar-refractivity contribution is -0.127. The molecular formula is C29H36ClN5O2. The average molecular weight is 522 g/mol. The number of carbonyl (C=O) groups excluding carboxylic acids is 1. The summed E-state index contributed by atoms with van der Waals surface area (Å²) >= 11 is 6.09. The Morgan fingerprint density at radius 3 is 2.68 bits per heavy atom. The van der Waals surface area contributed by atoms with Crippen LogP contribution in [0.25, 0.3) is 11.4 Å². The maximum Gasteiger partial charge on any atom is 0.241 e. The molecule has 2 aliphatic rings. The Morgan fingerprint density at radius 2 is 1.84 bits per heavy atom. The minimum Gasteiger partial charge on any atom is -0.352 e. The van der Waals surface area contributed by atoms with Crippen LogP contribution in [-0.4, -0.2) is 52.0 Å². The molecule has 0 aliphatic carbocycles. The number of rotatable bonds is 8. The predicted octanol–water partition coefficient (Wildman–Crippen LogP) is 5.15. The second-order valence-electron chi connectivity index (χ2n) is 10.6. The van der Waals surface area contributed by atoms with E-state index in [4.69, 9.17) is 16.1 Å². The zero-order valence-electron chi connectivity index (χ0n) is 21.5. The Balaban J connectivity index is 1.11. The fraction of sp³-hybridized carbons (Fsp3) is 0.483. The van der Waals surface area contributed by atoms with Crippen LogP contribution in [-0.2, 0) is 24.4 Å². The smallest absolute Gasteiger partial charge is 0.241 e. The summed E-state index contributed by atoms with van der Waals surface area (Å²) < 4.78 is 5.48. The first-order chi connectivity index (χ1) is 18.0. The van der Waals surface area contributed by atoms with E-state index >= 15 is 0 Å². The molecule has 1 aromatic heterocycles. The van der Waals surface area contributed by atoms with Crippen molar-refractivity contribution in [3.8, 4) is 11.4 Å². The van der Waals surface area contributed by atoms with Crippen LogP contribution in [0.2, 0.25) is 5.02 Å². The van der Waals surface area contributed by atoms with E-state index in [9.17, 15) is 4.79 Å². The molecule has 2 fully saturated rings. The zero-order valence-corrected chi connectivity index (χ0v) is 22.3. The van der Waals surface area contributed by atoms with Gasteiger partial charge in [0, 0.05) is 30.2 Å². The summed E-state index contributed by atoms with van der Waals surface area (Å²) in [7, 11) is 0. The van der Waals surface area contributed by atoms with Crippen molar-refractivity contribution >= 4 is 17.5 Å². The van der Waals surface area contributed by atoms with Gasteiger partial charge in [-0.3, -0.25) is 14.6 Å². The minimum atomic E-state index is -0.0393. The van der Waals surface area contributed by atoms with Crippen LogP contribution in [0.15, 0.2) is 53.1 Å². The molecule has 0 radical (unpaired) electrons. The highest BCUT2D eigenvalue weighted by atomic mass is 35.5. The van der Waals surface area contributed by atoms with Gasteiger partial charge in [0.15, 0.2) is 0 Å². The van der Waals surface area contributed by atoms with Gasteiger partial charge in [0.25, 0.3) is 0 Å². The summed E-state index contributed by atoms with van der Waals surface area (Å²) in [6.45, 7) is 8.37. The number of amides is 1. The fourth-order valence-electron chi connectivity index (χ4n) is 5.32. The molecule has 2 aromatic carbocycles. The van der Waals surface area contributed by atoms with Crippen molar-refractivity contribution in [3.05, 3.63) is 70.6 Å². The predicted molar refractivity (Wildman–Crippen MR) is 145 cm³/mol. The monoisotopic (exact) mass is 521 g/mol. The van der Waals surface area contributed by atoms with E-state index in [0.29, 0.717) is 36.4 Å². The third-order valence-corrected chi connectivity index (χ3v) is 7.76. The fourth-order valence-corrected chi connectivity index (χ4v) is 5.51. The quantitative estimate of drug-likeness (QED) is 0.442. The van der Waals surface area contributed by atoms with Gasteiger partial charge in [0.2, 0.25) is 17.6 Å². The van der Waals surface area contributed by atoms with Crippen LogP contribution in [0.3, 0.4) is 0 Å². The van der Waals surface area contributed by atoms with Crippen LogP contribution in [0.5, 0.6) is 0 Å². The molecule has 0 bridgehead atoms. The third-order valence-electron chi connectivity index (χ3n) is 7.53. The maximum absolute atomic E-state index is 13.0. The van der Waals surface area contributed by atoms with Crippen LogP contribution >= 0.6 is 11.6 Å². The summed E-state index contributed by atoms with van der Waals surface area (Å²) in [6, 6.07) is 16.0. The Hall–Kier alpha value is -2.74. The van der Waals surface area contributed by atoms with Crippen molar-refractivity contribution in [1.29, 1.82) is 0 Å². The molecule has 37 heavy (non-hydrogen) atoms. The van der Waals surface area contributed by atoms with E-state index in [-0.39, 0.29) is 11.8 Å². The molecule has 1 N–H and O–H groups in total. The first-order valence-corrected chi connectivity index (χ1v) is 13.8. The SMILES string of the molecule is CC1CCN(Cc2cccc(CNC(=O)C3CCCN(Cc4nc(-c5cccc(Cl)c5)no4)C3)c2)CC1. The van der Waals surface area contributed by atoms with Crippen LogP contribution in [0.1, 0.15) is 49.6 Å². The summed E-state index contributed by atoms with van der Waals surface area (Å²) in [6.07, 6.45) is 4.43. The second-order valence-corrected chi connectivity index (χ2v) is 11.0. The van der Waals surface area contributed by atoms with Crippen molar-refractivity contribution in [2.24, 2.45) is 11.8 Å². The number of carbonyl (C=O) groups is 1. The van der Waals surface area contributed by atoms with E-state index in [1.807, 2.05) is 24.3 Å². The van der Waals surface area contributed by atoms with Gasteiger partial charge in [-0.25, -0.2) is 0 Å². The van der Waals surface area contributed by atoms with Gasteiger partial charge in [-0.1, -0.05) is 60.1 Å². The minimum absolute atomic E-state index is 0.0393. The number of halogens is 1. The Kier molecular flexibility index (Phi) is 8.54. The normalized spacial score (nSPS) is 19.7. The van der Waals surface area contributed by atoms with Crippen LogP contribution < -0.4 is 5.32 Å². The lowest BCUT2D eigenvalue weighted by atomic mass is 9.97. The molecule has 8 heteroatoms. The Bertz CT molecular complexity index is 1190. The molecule has 0 saturated carbocycles. The third kappa shape index (κ3) is 7.18. The number of likely N-dealkylation sites (tertiary alicyclic amines) is 2. The Labute approximate surface area is 224 Å². The molecule has 0 spiro atoms. The number of nitrogens with one attached hydrogen (secondary N) is 1. The first-order valence-electron chi connectivity index (χ1n) is 13.4. The summed E-state index contributed by atoms with van der Waals surface area (Å²) in [5.74, 6) is 2.00. The standard InChI is InChI=1S/C29H36ClN5O2/c1-21-10-13-34(14-11-21)18-23-6-2-5-22(15-23)17-31-29(36)25-8-4-12-35(19-25)20-27-32-28(33-37-27)24-7-3-9-26(30)16-24/h2-3,5-7,9,15-16,21,25H,4,8,10-14,17-20H2,1H3,(H,31,36). The van der Waals surface area contributed by atoms with E-state index < -0.39 is 0 Å². The van der Waals surface area contributed by atoms with Gasteiger partial charge in [0.05, 0.1) is 12.5 Å². The van der Waals surface area contributed by atoms with Crippen LogP contribution in [0.4, 0.5) is 0 Å². The lowest BCUT2D eigenvalue weighted by Gasteiger charge is -2.31. The lowest BCUT2D eigenvalue weighted by Crippen LogP contribution is -2.42. The summed E-state index contributed by atoms with van der Waals surface area (Å²) in [5.41, 5.74) is 3.30. The average Bonchev–Trinajstić information content (AvgIpc) is 3.37. The number of hydrogen-bond acceptors (Lipinski definition) is 6. The van der Waals surface area contributed by atoms with Gasteiger partial charge in [0.1, 0.15) is 0 Å². The van der Waals surface area contributed by atoms with Crippen molar-refractivity contribution in [3.63, 3.8) is 0 Å². The van der Waals surface area contributed by atoms with Gasteiger partial charge in [-0.15, -0.1) is 0 Å². The second kappa shape index (κ2) is 12.2. The van der Waals surface area contributed by atoms with E-state index in [1.54, 1.807) is 0 Å². The van der Waals surface area contributed by atoms with E-state index in [0.717, 1.165) is 43.0 Å². The molecule has 196 valence electrons. The highest BCUT2D eigenvalue weighted by Gasteiger charge is 2.27. The molecule has 5 rings (SSSR count). The van der Waals surface area contributed by atoms with Crippen LogP contribution in [0, 0.1) is 11.8 Å². The summed E-state index contributed by atoms with van der Waals surface area (Å²) in [5, 5.41) is 7.92. The van der Waals surface area contributed by atoms with Gasteiger partial charge in [-0.05, 0) is 74.5 Å². The molecule has 7 nitrogen and oxygen atoms in total. The number of hydrogen-bond donors (Lipinski definition) is 1. The molecule has 2 saturated heterocycles. The van der Waals surface area contributed by atoms with E-state index in [2.05, 4.69) is 56.4 Å². The molecule has 1 amide bonds. The molecule has 3 aromatic rings. The van der Waals surface area contributed by atoms with Crippen molar-refractivity contribution in [2.75, 3.05) is 26.2 Å². The maximum atomic E-state index is 13.0. The molecule has 3 heterocycles. The number of nitrogens with zero attached hydrogens (tertiary/aromatic N) is 4. The zero-order chi connectivity index (χ0) is 25.6. The number of benzene rings is 2. The van der Waals surface area contributed by atoms with Crippen molar-refractivity contribution in [2.45, 2.75) is 52.2 Å². The summed E-state index contributed by atoms with van der Waals surface area (Å²) in [4.78, 5) is 22.3. The Morgan fingerprint density at radius 1 is 1.03 bits per heavy atom. The molecule has 1 unspecified atom stereocenters. The van der Waals surface area contributed by atoms with E-state index in [1.165, 1.54) is 31.5 Å².